The summed E-state index contributed by atoms with van der Waals surface area (Å²) in [5.74, 6) is 0. The maximum absolute atomic E-state index is 3.06. The number of fused-ring (bicyclic) bond motifs is 2. The number of hydrogen-bond donors (Lipinski definition) is 0. The molecule has 0 atom stereocenters. The van der Waals surface area contributed by atoms with E-state index in [9.17, 15) is 0 Å². The first-order valence-electron chi connectivity index (χ1n) is 8.87. The summed E-state index contributed by atoms with van der Waals surface area (Å²) >= 11 is 1.36. The summed E-state index contributed by atoms with van der Waals surface area (Å²) < 4.78 is 0. The number of halogens is 2. The predicted molar refractivity (Wildman–Crippen MR) is 142 cm³/mol. The zero-order valence-electron chi connectivity index (χ0n) is 18.1. The zero-order valence-corrected chi connectivity index (χ0v) is 23.2. The Morgan fingerprint density at radius 1 is 0.613 bits per heavy atom. The number of hydrogen-bond acceptors (Lipinski definition) is 0. The molecule has 0 saturated heterocycles. The first-order valence-corrected chi connectivity index (χ1v) is 13.1. The van der Waals surface area contributed by atoms with Crippen LogP contribution in [0.25, 0.3) is 32.7 Å². The van der Waals surface area contributed by atoms with Gasteiger partial charge in [0, 0.05) is 0 Å². The topological polar surface area (TPSA) is 0 Å². The van der Waals surface area contributed by atoms with Crippen molar-refractivity contribution in [3.05, 3.63) is 124 Å². The van der Waals surface area contributed by atoms with Crippen LogP contribution < -0.4 is 0 Å². The van der Waals surface area contributed by atoms with Crippen LogP contribution in [0.5, 0.6) is 0 Å². The van der Waals surface area contributed by atoms with E-state index in [2.05, 4.69) is 111 Å². The van der Waals surface area contributed by atoms with Crippen LogP contribution in [-0.2, 0) is 23.3 Å². The first kappa shape index (κ1) is 31.7. The van der Waals surface area contributed by atoms with Crippen LogP contribution in [0.1, 0.15) is 5.56 Å². The smallest absolute Gasteiger partial charge is 0.0635 e. The van der Waals surface area contributed by atoms with E-state index in [0.29, 0.717) is 0 Å². The summed E-state index contributed by atoms with van der Waals surface area (Å²) in [7, 11) is 0. The average molecular weight is 543 g/mol. The van der Waals surface area contributed by atoms with E-state index in [4.69, 9.17) is 0 Å². The van der Waals surface area contributed by atoms with Crippen LogP contribution in [0, 0.1) is 21.8 Å². The van der Waals surface area contributed by atoms with E-state index in [1.807, 2.05) is 6.07 Å². The molecule has 0 spiro atoms. The molecular formula is C27H28Cl2SiZr-4. The molecule has 5 aromatic carbocycles. The third-order valence-corrected chi connectivity index (χ3v) is 4.49. The molecule has 0 fully saturated rings. The van der Waals surface area contributed by atoms with Crippen molar-refractivity contribution >= 4 is 53.2 Å². The summed E-state index contributed by atoms with van der Waals surface area (Å²) in [5.41, 5.74) is 3.94. The van der Waals surface area contributed by atoms with Gasteiger partial charge in [0.25, 0.3) is 0 Å². The molecule has 0 unspecified atom stereocenters. The molecule has 0 aliphatic rings. The number of benzene rings is 3. The molecule has 5 rings (SSSR count). The zero-order chi connectivity index (χ0) is 19.1. The average Bonchev–Trinajstić information content (AvgIpc) is 3.33. The Balaban J connectivity index is 0. The predicted octanol–water partition coefficient (Wildman–Crippen LogP) is 8.45. The minimum Gasteiger partial charge on any atom is -0.145 e. The molecule has 0 saturated carbocycles. The van der Waals surface area contributed by atoms with Gasteiger partial charge >= 0.3 is 30.2 Å². The van der Waals surface area contributed by atoms with E-state index in [-0.39, 0.29) is 39.7 Å². The Hall–Kier alpha value is -1.44. The van der Waals surface area contributed by atoms with Gasteiger partial charge in [-0.3, -0.25) is 0 Å². The van der Waals surface area contributed by atoms with Crippen LogP contribution in [0.15, 0.2) is 103 Å². The molecule has 0 N–H and O–H groups in total. The van der Waals surface area contributed by atoms with Crippen LogP contribution in [-0.4, -0.2) is 6.88 Å². The molecule has 31 heavy (non-hydrogen) atoms. The molecule has 0 aliphatic carbocycles. The van der Waals surface area contributed by atoms with Crippen molar-refractivity contribution in [2.75, 3.05) is 0 Å². The fraction of sp³-hybridized carbons (Fsp3) is 0.0370. The van der Waals surface area contributed by atoms with Gasteiger partial charge in [-0.1, -0.05) is 67.1 Å². The summed E-state index contributed by atoms with van der Waals surface area (Å²) in [4.78, 5) is 0. The SMILES string of the molecule is Cc1cc2ccccc2[cH-]1.Cl.Cl.[CH3-].[CH3-].[Si]=[Zr].c1ccc(-c2cc3ccccc3[cH-]2)cc1. The van der Waals surface area contributed by atoms with Gasteiger partial charge in [0.05, 0.1) is 0 Å². The minimum atomic E-state index is 0. The van der Waals surface area contributed by atoms with Crippen LogP contribution in [0.3, 0.4) is 0 Å². The van der Waals surface area contributed by atoms with E-state index >= 15 is 0 Å². The molecule has 0 aliphatic heterocycles. The molecule has 162 valence electrons. The van der Waals surface area contributed by atoms with Crippen molar-refractivity contribution in [1.82, 2.24) is 0 Å². The Labute approximate surface area is 216 Å². The van der Waals surface area contributed by atoms with Crippen LogP contribution >= 0.6 is 24.8 Å². The third kappa shape index (κ3) is 8.54. The van der Waals surface area contributed by atoms with E-state index < -0.39 is 0 Å². The molecule has 0 heterocycles. The fourth-order valence-electron chi connectivity index (χ4n) is 3.25. The molecule has 4 heteroatoms. The largest absolute Gasteiger partial charge is 0.145 e. The number of rotatable bonds is 1. The molecule has 0 aromatic heterocycles. The molecular weight excluding hydrogens is 515 g/mol. The maximum Gasteiger partial charge on any atom is -0.0635 e. The molecule has 0 bridgehead atoms. The first-order chi connectivity index (χ1) is 13.3. The van der Waals surface area contributed by atoms with Gasteiger partial charge < -0.3 is 14.9 Å². The minimum absolute atomic E-state index is 0. The Morgan fingerprint density at radius 2 is 1.06 bits per heavy atom. The molecule has 5 aromatic rings. The fourth-order valence-corrected chi connectivity index (χ4v) is 3.25. The van der Waals surface area contributed by atoms with E-state index in [1.165, 1.54) is 61.6 Å². The van der Waals surface area contributed by atoms with Crippen molar-refractivity contribution in [2.24, 2.45) is 0 Å². The summed E-state index contributed by atoms with van der Waals surface area (Å²) in [5, 5.41) is 5.33. The van der Waals surface area contributed by atoms with Crippen LogP contribution in [0.2, 0.25) is 0 Å². The van der Waals surface area contributed by atoms with Crippen molar-refractivity contribution in [1.29, 1.82) is 0 Å². The number of aryl methyl sites for hydroxylation is 1. The standard InChI is InChI=1S/C15H11.C10H9.2CH3.2ClH.Si.Zr/c1-2-6-12(7-3-1)15-10-13-8-4-5-9-14(13)11-15;1-8-6-9-4-2-3-5-10(9)7-8;;;;;;/h1-11H;2-7H,1H3;2*1H3;2*1H;;/q4*-1;;;;. The van der Waals surface area contributed by atoms with Gasteiger partial charge in [0.1, 0.15) is 0 Å². The monoisotopic (exact) mass is 540 g/mol. The van der Waals surface area contributed by atoms with Gasteiger partial charge in [-0.05, 0) is 0 Å². The second-order valence-corrected chi connectivity index (χ2v) is 6.40. The summed E-state index contributed by atoms with van der Waals surface area (Å²) in [6.45, 7) is 5.19. The summed E-state index contributed by atoms with van der Waals surface area (Å²) in [6, 6.07) is 36.3. The van der Waals surface area contributed by atoms with Gasteiger partial charge in [-0.25, -0.2) is 0 Å². The molecule has 2 radical (unpaired) electrons. The van der Waals surface area contributed by atoms with Gasteiger partial charge in [-0.2, -0.15) is 6.07 Å². The van der Waals surface area contributed by atoms with Crippen molar-refractivity contribution < 1.29 is 23.3 Å². The van der Waals surface area contributed by atoms with Gasteiger partial charge in [-0.15, -0.1) is 100.0 Å². The maximum atomic E-state index is 3.06. The van der Waals surface area contributed by atoms with Crippen molar-refractivity contribution in [3.8, 4) is 11.1 Å². The van der Waals surface area contributed by atoms with E-state index in [1.54, 1.807) is 0 Å². The Morgan fingerprint density at radius 3 is 1.58 bits per heavy atom. The molecule has 0 nitrogen and oxygen atoms in total. The second-order valence-electron chi connectivity index (χ2n) is 6.40. The normalized spacial score (nSPS) is 8.65. The molecule has 0 amide bonds. The van der Waals surface area contributed by atoms with Crippen LogP contribution in [0.4, 0.5) is 0 Å². The quantitative estimate of drug-likeness (QED) is 0.147. The second kappa shape index (κ2) is 16.2. The van der Waals surface area contributed by atoms with Gasteiger partial charge in [0.15, 0.2) is 0 Å². The summed E-state index contributed by atoms with van der Waals surface area (Å²) in [6.07, 6.45) is 0. The Bertz CT molecular complexity index is 1060. The van der Waals surface area contributed by atoms with E-state index in [0.717, 1.165) is 0 Å². The van der Waals surface area contributed by atoms with Crippen molar-refractivity contribution in [2.45, 2.75) is 6.92 Å². The third-order valence-electron chi connectivity index (χ3n) is 4.49. The van der Waals surface area contributed by atoms with Gasteiger partial charge in [0.2, 0.25) is 0 Å². The van der Waals surface area contributed by atoms with Crippen molar-refractivity contribution in [3.63, 3.8) is 0 Å². The Kier molecular flexibility index (Phi) is 16.6.